The lowest BCUT2D eigenvalue weighted by atomic mass is 10.0. The SMILES string of the molecule is O=C(c1ccccc1F)c1c[nH]c2nccc(Cl)c12. The van der Waals surface area contributed by atoms with E-state index in [4.69, 9.17) is 11.6 Å². The number of fused-ring (bicyclic) bond motifs is 1. The van der Waals surface area contributed by atoms with Gasteiger partial charge in [-0.25, -0.2) is 9.37 Å². The highest BCUT2D eigenvalue weighted by atomic mass is 35.5. The van der Waals surface area contributed by atoms with Crippen molar-refractivity contribution in [2.75, 3.05) is 0 Å². The molecule has 0 saturated carbocycles. The Bertz CT molecular complexity index is 782. The Hall–Kier alpha value is -2.20. The number of carbonyl (C=O) groups excluding carboxylic acids is 1. The van der Waals surface area contributed by atoms with Crippen LogP contribution in [0.4, 0.5) is 4.39 Å². The van der Waals surface area contributed by atoms with E-state index in [1.807, 2.05) is 0 Å². The van der Waals surface area contributed by atoms with Gasteiger partial charge in [0.15, 0.2) is 5.78 Å². The Morgan fingerprint density at radius 1 is 1.21 bits per heavy atom. The molecule has 19 heavy (non-hydrogen) atoms. The van der Waals surface area contributed by atoms with Gasteiger partial charge in [0.25, 0.3) is 0 Å². The number of ketones is 1. The first-order chi connectivity index (χ1) is 9.18. The molecular weight excluding hydrogens is 267 g/mol. The molecule has 94 valence electrons. The molecule has 5 heteroatoms. The summed E-state index contributed by atoms with van der Waals surface area (Å²) < 4.78 is 13.7. The summed E-state index contributed by atoms with van der Waals surface area (Å²) in [7, 11) is 0. The number of hydrogen-bond acceptors (Lipinski definition) is 2. The zero-order valence-corrected chi connectivity index (χ0v) is 10.4. The van der Waals surface area contributed by atoms with Crippen LogP contribution in [0.25, 0.3) is 11.0 Å². The van der Waals surface area contributed by atoms with Crippen molar-refractivity contribution in [3.05, 3.63) is 64.7 Å². The smallest absolute Gasteiger partial charge is 0.198 e. The third-order valence-corrected chi connectivity index (χ3v) is 3.20. The van der Waals surface area contributed by atoms with Gasteiger partial charge in [0.1, 0.15) is 11.5 Å². The molecule has 0 atom stereocenters. The number of benzene rings is 1. The first-order valence-electron chi connectivity index (χ1n) is 5.59. The summed E-state index contributed by atoms with van der Waals surface area (Å²) in [6.07, 6.45) is 3.04. The van der Waals surface area contributed by atoms with E-state index in [1.54, 1.807) is 18.3 Å². The summed E-state index contributed by atoms with van der Waals surface area (Å²) in [4.78, 5) is 19.3. The van der Waals surface area contributed by atoms with Crippen molar-refractivity contribution in [3.8, 4) is 0 Å². The van der Waals surface area contributed by atoms with Crippen LogP contribution in [0.1, 0.15) is 15.9 Å². The maximum Gasteiger partial charge on any atom is 0.198 e. The van der Waals surface area contributed by atoms with Gasteiger partial charge in [-0.1, -0.05) is 23.7 Å². The molecule has 2 heterocycles. The fourth-order valence-electron chi connectivity index (χ4n) is 1.99. The molecule has 3 aromatic rings. The minimum Gasteiger partial charge on any atom is -0.345 e. The normalized spacial score (nSPS) is 10.8. The summed E-state index contributed by atoms with van der Waals surface area (Å²) in [5, 5.41) is 0.920. The topological polar surface area (TPSA) is 45.8 Å². The van der Waals surface area contributed by atoms with Crippen molar-refractivity contribution < 1.29 is 9.18 Å². The van der Waals surface area contributed by atoms with Crippen LogP contribution < -0.4 is 0 Å². The largest absolute Gasteiger partial charge is 0.345 e. The fraction of sp³-hybridized carbons (Fsp3) is 0. The van der Waals surface area contributed by atoms with Crippen LogP contribution >= 0.6 is 11.6 Å². The van der Waals surface area contributed by atoms with Crippen LogP contribution in [0.2, 0.25) is 5.02 Å². The van der Waals surface area contributed by atoms with E-state index in [1.165, 1.54) is 24.4 Å². The van der Waals surface area contributed by atoms with E-state index in [2.05, 4.69) is 9.97 Å². The zero-order chi connectivity index (χ0) is 13.4. The second-order valence-electron chi connectivity index (χ2n) is 4.03. The van der Waals surface area contributed by atoms with Crippen LogP contribution in [0.15, 0.2) is 42.7 Å². The molecule has 3 rings (SSSR count). The van der Waals surface area contributed by atoms with Crippen LogP contribution in [-0.2, 0) is 0 Å². The highest BCUT2D eigenvalue weighted by Gasteiger charge is 2.19. The molecular formula is C14H8ClFN2O. The molecule has 1 N–H and O–H groups in total. The van der Waals surface area contributed by atoms with E-state index in [0.29, 0.717) is 21.6 Å². The van der Waals surface area contributed by atoms with Crippen LogP contribution in [0.3, 0.4) is 0 Å². The third kappa shape index (κ3) is 1.90. The average Bonchev–Trinajstić information content (AvgIpc) is 2.84. The molecule has 0 aliphatic carbocycles. The molecule has 0 bridgehead atoms. The Morgan fingerprint density at radius 3 is 2.79 bits per heavy atom. The first-order valence-corrected chi connectivity index (χ1v) is 5.97. The molecule has 0 aliphatic rings. The maximum absolute atomic E-state index is 13.7. The fourth-order valence-corrected chi connectivity index (χ4v) is 2.23. The lowest BCUT2D eigenvalue weighted by Gasteiger charge is -2.02. The molecule has 0 fully saturated rings. The zero-order valence-electron chi connectivity index (χ0n) is 9.65. The highest BCUT2D eigenvalue weighted by molar-refractivity contribution is 6.37. The van der Waals surface area contributed by atoms with Gasteiger partial charge in [-0.05, 0) is 18.2 Å². The van der Waals surface area contributed by atoms with Gasteiger partial charge in [-0.2, -0.15) is 0 Å². The van der Waals surface area contributed by atoms with E-state index >= 15 is 0 Å². The Morgan fingerprint density at radius 2 is 2.00 bits per heavy atom. The number of rotatable bonds is 2. The standard InChI is InChI=1S/C14H8ClFN2O/c15-10-5-6-17-14-12(10)9(7-18-14)13(19)8-3-1-2-4-11(8)16/h1-7H,(H,17,18). The van der Waals surface area contributed by atoms with Gasteiger partial charge in [-0.3, -0.25) is 4.79 Å². The van der Waals surface area contributed by atoms with Gasteiger partial charge >= 0.3 is 0 Å². The number of pyridine rings is 1. The summed E-state index contributed by atoms with van der Waals surface area (Å²) in [5.74, 6) is -0.971. The van der Waals surface area contributed by atoms with Gasteiger partial charge in [0, 0.05) is 17.8 Å². The number of hydrogen-bond donors (Lipinski definition) is 1. The van der Waals surface area contributed by atoms with E-state index in [-0.39, 0.29) is 5.56 Å². The Balaban J connectivity index is 2.21. The summed E-state index contributed by atoms with van der Waals surface area (Å²) in [6.45, 7) is 0. The first kappa shape index (κ1) is 11.9. The molecule has 0 spiro atoms. The second-order valence-corrected chi connectivity index (χ2v) is 4.43. The Kier molecular flexibility index (Phi) is 2.80. The average molecular weight is 275 g/mol. The summed E-state index contributed by atoms with van der Waals surface area (Å²) in [5.41, 5.74) is 0.841. The predicted molar refractivity (Wildman–Crippen MR) is 70.9 cm³/mol. The minimum atomic E-state index is -0.554. The molecule has 0 unspecified atom stereocenters. The maximum atomic E-state index is 13.7. The molecule has 1 aromatic carbocycles. The lowest BCUT2D eigenvalue weighted by Crippen LogP contribution is -2.03. The molecule has 0 saturated heterocycles. The van der Waals surface area contributed by atoms with Crippen molar-refractivity contribution >= 4 is 28.4 Å². The van der Waals surface area contributed by atoms with Crippen molar-refractivity contribution in [1.82, 2.24) is 9.97 Å². The summed E-state index contributed by atoms with van der Waals surface area (Å²) >= 11 is 6.07. The predicted octanol–water partition coefficient (Wildman–Crippen LogP) is 3.59. The molecule has 0 radical (unpaired) electrons. The Labute approximate surface area is 113 Å². The molecule has 0 amide bonds. The van der Waals surface area contributed by atoms with Gasteiger partial charge in [0.05, 0.1) is 16.1 Å². The lowest BCUT2D eigenvalue weighted by molar-refractivity contribution is 0.103. The number of aromatic amines is 1. The van der Waals surface area contributed by atoms with E-state index in [0.717, 1.165) is 0 Å². The van der Waals surface area contributed by atoms with Crippen molar-refractivity contribution in [2.45, 2.75) is 0 Å². The van der Waals surface area contributed by atoms with Crippen LogP contribution in [0.5, 0.6) is 0 Å². The highest BCUT2D eigenvalue weighted by Crippen LogP contribution is 2.27. The van der Waals surface area contributed by atoms with Crippen LogP contribution in [0, 0.1) is 5.82 Å². The van der Waals surface area contributed by atoms with E-state index < -0.39 is 11.6 Å². The number of halogens is 2. The third-order valence-electron chi connectivity index (χ3n) is 2.89. The number of nitrogens with zero attached hydrogens (tertiary/aromatic N) is 1. The molecule has 0 aliphatic heterocycles. The number of carbonyl (C=O) groups is 1. The van der Waals surface area contributed by atoms with Crippen molar-refractivity contribution in [1.29, 1.82) is 0 Å². The van der Waals surface area contributed by atoms with Crippen molar-refractivity contribution in [2.24, 2.45) is 0 Å². The van der Waals surface area contributed by atoms with E-state index in [9.17, 15) is 9.18 Å². The van der Waals surface area contributed by atoms with Gasteiger partial charge in [-0.15, -0.1) is 0 Å². The molecule has 3 nitrogen and oxygen atoms in total. The van der Waals surface area contributed by atoms with Gasteiger partial charge < -0.3 is 4.98 Å². The number of nitrogens with one attached hydrogen (secondary N) is 1. The van der Waals surface area contributed by atoms with Crippen molar-refractivity contribution in [3.63, 3.8) is 0 Å². The number of H-pyrrole nitrogens is 1. The quantitative estimate of drug-likeness (QED) is 0.726. The monoisotopic (exact) mass is 274 g/mol. The van der Waals surface area contributed by atoms with Gasteiger partial charge in [0.2, 0.25) is 0 Å². The summed E-state index contributed by atoms with van der Waals surface area (Å²) in [6, 6.07) is 7.44. The second kappa shape index (κ2) is 4.48. The number of aromatic nitrogens is 2. The molecule has 2 aromatic heterocycles. The minimum absolute atomic E-state index is 0.0170. The van der Waals surface area contributed by atoms with Crippen LogP contribution in [-0.4, -0.2) is 15.8 Å².